The van der Waals surface area contributed by atoms with E-state index in [1.807, 2.05) is 6.07 Å². The topological polar surface area (TPSA) is 23.1 Å². The van der Waals surface area contributed by atoms with Crippen molar-refractivity contribution < 1.29 is 34.7 Å². The van der Waals surface area contributed by atoms with E-state index in [-0.39, 0.29) is 35.3 Å². The zero-order chi connectivity index (χ0) is 6.69. The van der Waals surface area contributed by atoms with Crippen molar-refractivity contribution in [3.05, 3.63) is 24.3 Å². The van der Waals surface area contributed by atoms with Gasteiger partial charge in [0.2, 0.25) is 0 Å². The molecule has 48 valence electrons. The van der Waals surface area contributed by atoms with Gasteiger partial charge in [0, 0.05) is 4.90 Å². The minimum atomic E-state index is 0. The van der Waals surface area contributed by atoms with Gasteiger partial charge in [-0.15, -0.1) is 0 Å². The fourth-order valence-electron chi connectivity index (χ4n) is 0.514. The van der Waals surface area contributed by atoms with Crippen LogP contribution in [0.4, 0.5) is 0 Å². The van der Waals surface area contributed by atoms with E-state index in [1.54, 1.807) is 18.2 Å². The molecule has 0 spiro atoms. The third-order valence-electron chi connectivity index (χ3n) is 0.932. The van der Waals surface area contributed by atoms with E-state index >= 15 is 0 Å². The molecule has 4 heteroatoms. The van der Waals surface area contributed by atoms with E-state index in [0.29, 0.717) is 0 Å². The summed E-state index contributed by atoms with van der Waals surface area (Å²) in [6.45, 7) is 0. The normalized spacial score (nSPS) is 8.50. The van der Waals surface area contributed by atoms with Crippen molar-refractivity contribution in [2.75, 3.05) is 0 Å². The summed E-state index contributed by atoms with van der Waals surface area (Å²) in [5, 5.41) is 10.8. The number of rotatable bonds is 1. The van der Waals surface area contributed by atoms with Gasteiger partial charge in [-0.3, -0.25) is 0 Å². The van der Waals surface area contributed by atoms with E-state index in [1.165, 1.54) is 10.2 Å². The average Bonchev–Trinajstić information content (AvgIpc) is 1.89. The molecule has 0 aliphatic rings. The van der Waals surface area contributed by atoms with Crippen molar-refractivity contribution in [3.63, 3.8) is 0 Å². The predicted octanol–water partition coefficient (Wildman–Crippen LogP) is -0.834. The van der Waals surface area contributed by atoms with Crippen LogP contribution < -0.4 is 34.7 Å². The Morgan fingerprint density at radius 2 is 1.90 bits per heavy atom. The number of halogens is 1. The van der Waals surface area contributed by atoms with E-state index in [2.05, 4.69) is 14.8 Å². The van der Waals surface area contributed by atoms with E-state index < -0.39 is 0 Å². The smallest absolute Gasteiger partial charge is 0.872 e. The summed E-state index contributed by atoms with van der Waals surface area (Å²) < 4.78 is 0. The van der Waals surface area contributed by atoms with Crippen LogP contribution in [0.1, 0.15) is 0 Å². The van der Waals surface area contributed by atoms with E-state index in [4.69, 9.17) is 0 Å². The van der Waals surface area contributed by atoms with Crippen LogP contribution in [-0.4, -0.2) is 0 Å². The molecular weight excluding hydrogens is 223 g/mol. The standard InChI is InChI=1S/C6H5BrOS.Na/c7-9-6-4-2-1-3-5(6)8;/h1-4,8H;/q;+1/p-1. The second-order valence-electron chi connectivity index (χ2n) is 1.52. The molecule has 0 aliphatic heterocycles. The number of para-hydroxylation sites is 1. The summed E-state index contributed by atoms with van der Waals surface area (Å²) in [5.41, 5.74) is 0. The van der Waals surface area contributed by atoms with Gasteiger partial charge in [0.1, 0.15) is 0 Å². The predicted molar refractivity (Wildman–Crippen MR) is 40.7 cm³/mol. The van der Waals surface area contributed by atoms with Gasteiger partial charge in [-0.05, 0) is 31.1 Å². The van der Waals surface area contributed by atoms with Crippen molar-refractivity contribution in [1.29, 1.82) is 0 Å². The molecule has 1 aromatic carbocycles. The van der Waals surface area contributed by atoms with Gasteiger partial charge in [0.25, 0.3) is 0 Å². The monoisotopic (exact) mass is 226 g/mol. The summed E-state index contributed by atoms with van der Waals surface area (Å²) in [6.07, 6.45) is 0. The summed E-state index contributed by atoms with van der Waals surface area (Å²) in [7, 11) is 1.30. The first-order valence-corrected chi connectivity index (χ1v) is 5.05. The van der Waals surface area contributed by atoms with Crippen LogP contribution in [0.5, 0.6) is 5.75 Å². The molecule has 1 aromatic rings. The Kier molecular flexibility index (Phi) is 5.96. The third-order valence-corrected chi connectivity index (χ3v) is 2.48. The quantitative estimate of drug-likeness (QED) is 0.584. The molecule has 0 aromatic heterocycles. The van der Waals surface area contributed by atoms with Crippen LogP contribution in [0, 0.1) is 0 Å². The largest absolute Gasteiger partial charge is 1.00 e. The summed E-state index contributed by atoms with van der Waals surface area (Å²) in [6, 6.07) is 6.89. The van der Waals surface area contributed by atoms with Crippen molar-refractivity contribution in [2.24, 2.45) is 0 Å². The fourth-order valence-corrected chi connectivity index (χ4v) is 1.59. The summed E-state index contributed by atoms with van der Waals surface area (Å²) >= 11 is 3.12. The van der Waals surface area contributed by atoms with Gasteiger partial charge in [-0.2, -0.15) is 0 Å². The van der Waals surface area contributed by atoms with Gasteiger partial charge >= 0.3 is 29.6 Å². The van der Waals surface area contributed by atoms with Crippen molar-refractivity contribution in [3.8, 4) is 5.75 Å². The van der Waals surface area contributed by atoms with Crippen molar-refractivity contribution >= 4 is 25.0 Å². The zero-order valence-corrected chi connectivity index (χ0v) is 9.91. The summed E-state index contributed by atoms with van der Waals surface area (Å²) in [5.74, 6) is 0.0689. The average molecular weight is 227 g/mol. The minimum Gasteiger partial charge on any atom is -0.872 e. The summed E-state index contributed by atoms with van der Waals surface area (Å²) in [4.78, 5) is 0.734. The number of hydrogen-bond donors (Lipinski definition) is 0. The van der Waals surface area contributed by atoms with Gasteiger partial charge in [0.05, 0.1) is 0 Å². The SMILES string of the molecule is [Na+].[O-]c1ccccc1SBr. The Morgan fingerprint density at radius 1 is 1.30 bits per heavy atom. The molecule has 0 aliphatic carbocycles. The second kappa shape index (κ2) is 5.49. The molecule has 1 nitrogen and oxygen atoms in total. The second-order valence-corrected chi connectivity index (χ2v) is 3.09. The Balaban J connectivity index is 0.000000810. The fraction of sp³-hybridized carbons (Fsp3) is 0. The molecule has 0 atom stereocenters. The van der Waals surface area contributed by atoms with Gasteiger partial charge in [-0.1, -0.05) is 23.9 Å². The maximum atomic E-state index is 10.8. The van der Waals surface area contributed by atoms with Gasteiger partial charge in [0.15, 0.2) is 0 Å². The molecule has 1 rings (SSSR count). The molecule has 10 heavy (non-hydrogen) atoms. The first kappa shape index (κ1) is 10.8. The number of hydrogen-bond acceptors (Lipinski definition) is 2. The van der Waals surface area contributed by atoms with Crippen LogP contribution >= 0.6 is 25.0 Å². The molecular formula is C6H4BrNaOS. The van der Waals surface area contributed by atoms with Gasteiger partial charge < -0.3 is 5.11 Å². The van der Waals surface area contributed by atoms with Crippen LogP contribution in [0.3, 0.4) is 0 Å². The van der Waals surface area contributed by atoms with E-state index in [9.17, 15) is 5.11 Å². The molecule has 0 saturated carbocycles. The molecule has 0 heterocycles. The van der Waals surface area contributed by atoms with Crippen LogP contribution in [0.15, 0.2) is 29.2 Å². The Hall–Kier alpha value is 0.850. The molecule has 0 radical (unpaired) electrons. The van der Waals surface area contributed by atoms with Crippen LogP contribution in [-0.2, 0) is 0 Å². The maximum Gasteiger partial charge on any atom is 1.00 e. The van der Waals surface area contributed by atoms with Gasteiger partial charge in [-0.25, -0.2) is 0 Å². The Morgan fingerprint density at radius 3 is 2.30 bits per heavy atom. The maximum absolute atomic E-state index is 10.8. The van der Waals surface area contributed by atoms with Crippen molar-refractivity contribution in [2.45, 2.75) is 4.90 Å². The first-order chi connectivity index (χ1) is 4.34. The van der Waals surface area contributed by atoms with Crippen LogP contribution in [0.25, 0.3) is 0 Å². The van der Waals surface area contributed by atoms with Crippen molar-refractivity contribution in [1.82, 2.24) is 0 Å². The third kappa shape index (κ3) is 2.84. The molecule has 0 bridgehead atoms. The number of benzene rings is 1. The molecule has 0 saturated heterocycles. The Bertz CT molecular complexity index is 207. The zero-order valence-electron chi connectivity index (χ0n) is 5.50. The molecule has 0 amide bonds. The molecule has 0 N–H and O–H groups in total. The molecule has 0 fully saturated rings. The first-order valence-electron chi connectivity index (χ1n) is 2.39. The Labute approximate surface area is 93.7 Å². The minimum absolute atomic E-state index is 0. The molecule has 0 unspecified atom stereocenters. The van der Waals surface area contributed by atoms with Crippen LogP contribution in [0.2, 0.25) is 0 Å². The van der Waals surface area contributed by atoms with E-state index in [0.717, 1.165) is 4.90 Å².